The molecule has 0 aliphatic carbocycles. The van der Waals surface area contributed by atoms with E-state index < -0.39 is 17.9 Å². The number of aromatic amines is 1. The largest absolute Gasteiger partial charge is 0.506 e. The van der Waals surface area contributed by atoms with Crippen molar-refractivity contribution in [3.63, 3.8) is 0 Å². The number of benzene rings is 5. The average Bonchev–Trinajstić information content (AvgIpc) is 3.38. The molecular weight excluding hydrogens is 875 g/mol. The summed E-state index contributed by atoms with van der Waals surface area (Å²) in [5.74, 6) is 0.0195. The summed E-state index contributed by atoms with van der Waals surface area (Å²) in [5, 5.41) is 27.6. The standard InChI is InChI=1S/C55H61N5O9/c1-67-49-29-40(31-56-32-48(62)44-17-19-47(61)53-45(44)18-20-50(63)58-53)15-16-46(49)54(65)57-33-51(64)60-27-23-39(24-28-60)35-68-43-14-8-13-42(30-43)52(41-11-6-3-7-12-41)55(66)69-36-38-21-25-59(26-22-38)34-37-9-4-2-5-10-37/h2-20,29-30,38-39,48,52,56,61-62H,21-28,31-36H2,1H3,(H,57,65)(H,58,63)/t48-,52?/m0/s1. The van der Waals surface area contributed by atoms with Gasteiger partial charge in [-0.2, -0.15) is 0 Å². The number of rotatable bonds is 19. The van der Waals surface area contributed by atoms with Gasteiger partial charge in [0.25, 0.3) is 5.91 Å². The highest BCUT2D eigenvalue weighted by Gasteiger charge is 2.28. The molecule has 0 radical (unpaired) electrons. The Kier molecular flexibility index (Phi) is 16.4. The van der Waals surface area contributed by atoms with Crippen molar-refractivity contribution in [2.24, 2.45) is 11.8 Å². The van der Waals surface area contributed by atoms with Crippen LogP contribution in [0.4, 0.5) is 0 Å². The Morgan fingerprint density at radius 1 is 0.768 bits per heavy atom. The van der Waals surface area contributed by atoms with Crippen LogP contribution in [0.3, 0.4) is 0 Å². The maximum absolute atomic E-state index is 13.9. The lowest BCUT2D eigenvalue weighted by Crippen LogP contribution is -2.44. The number of ether oxygens (including phenoxy) is 3. The number of hydrogen-bond acceptors (Lipinski definition) is 11. The molecule has 5 aromatic carbocycles. The van der Waals surface area contributed by atoms with Crippen molar-refractivity contribution in [3.05, 3.63) is 171 Å². The van der Waals surface area contributed by atoms with Gasteiger partial charge in [0.05, 0.1) is 44.1 Å². The fourth-order valence-corrected chi connectivity index (χ4v) is 9.30. The van der Waals surface area contributed by atoms with E-state index in [1.165, 1.54) is 24.8 Å². The van der Waals surface area contributed by atoms with Gasteiger partial charge in [0.15, 0.2) is 0 Å². The zero-order chi connectivity index (χ0) is 48.1. The number of carbonyl (C=O) groups is 3. The van der Waals surface area contributed by atoms with E-state index in [1.807, 2.05) is 60.7 Å². The van der Waals surface area contributed by atoms with Crippen LogP contribution in [-0.2, 0) is 27.4 Å². The van der Waals surface area contributed by atoms with E-state index in [2.05, 4.69) is 44.8 Å². The van der Waals surface area contributed by atoms with E-state index >= 15 is 0 Å². The number of aromatic nitrogens is 1. The number of hydrogen-bond donors (Lipinski definition) is 5. The number of aromatic hydroxyl groups is 1. The van der Waals surface area contributed by atoms with Gasteiger partial charge >= 0.3 is 5.97 Å². The molecule has 1 unspecified atom stereocenters. The van der Waals surface area contributed by atoms with Crippen LogP contribution in [0.5, 0.6) is 17.2 Å². The molecule has 0 saturated carbocycles. The van der Waals surface area contributed by atoms with Crippen molar-refractivity contribution in [3.8, 4) is 17.2 Å². The number of esters is 1. The Labute approximate surface area is 402 Å². The number of likely N-dealkylation sites (tertiary alicyclic amines) is 2. The molecule has 0 bridgehead atoms. The molecule has 2 aliphatic heterocycles. The SMILES string of the molecule is COc1cc(CNC[C@H](O)c2ccc(O)c3[nH]c(=O)ccc23)ccc1C(=O)NCC(=O)N1CCC(COc2cccc(C(C(=O)OCC3CCN(Cc4ccccc4)CC3)c3ccccc3)c2)CC1. The van der Waals surface area contributed by atoms with Crippen LogP contribution in [0.25, 0.3) is 10.9 Å². The third-order valence-electron chi connectivity index (χ3n) is 13.3. The summed E-state index contributed by atoms with van der Waals surface area (Å²) in [7, 11) is 1.47. The normalized spacial score (nSPS) is 15.6. The van der Waals surface area contributed by atoms with Gasteiger partial charge in [-0.25, -0.2) is 0 Å². The first kappa shape index (κ1) is 48.5. The molecule has 0 spiro atoms. The first-order valence-corrected chi connectivity index (χ1v) is 23.8. The number of carbonyl (C=O) groups excluding carboxylic acids is 3. The summed E-state index contributed by atoms with van der Waals surface area (Å²) in [6.07, 6.45) is 2.54. The van der Waals surface area contributed by atoms with Crippen LogP contribution in [0.2, 0.25) is 0 Å². The number of pyridine rings is 1. The molecule has 2 saturated heterocycles. The highest BCUT2D eigenvalue weighted by atomic mass is 16.5. The molecule has 1 aromatic heterocycles. The lowest BCUT2D eigenvalue weighted by Gasteiger charge is -2.32. The second-order valence-electron chi connectivity index (χ2n) is 18.0. The quantitative estimate of drug-likeness (QED) is 0.0546. The molecule has 360 valence electrons. The molecule has 2 atom stereocenters. The third-order valence-corrected chi connectivity index (χ3v) is 13.3. The Balaban J connectivity index is 0.769. The third kappa shape index (κ3) is 12.8. The Bertz CT molecular complexity index is 2730. The number of nitrogens with zero attached hydrogens (tertiary/aromatic N) is 2. The van der Waals surface area contributed by atoms with E-state index in [4.69, 9.17) is 14.2 Å². The summed E-state index contributed by atoms with van der Waals surface area (Å²) < 4.78 is 17.9. The van der Waals surface area contributed by atoms with Gasteiger partial charge in [0, 0.05) is 44.2 Å². The molecule has 14 nitrogen and oxygen atoms in total. The molecule has 2 aliphatic rings. The number of methoxy groups -OCH3 is 1. The molecular formula is C55H61N5O9. The average molecular weight is 936 g/mol. The van der Waals surface area contributed by atoms with E-state index in [-0.39, 0.29) is 53.3 Å². The van der Waals surface area contributed by atoms with Crippen molar-refractivity contribution >= 4 is 28.7 Å². The highest BCUT2D eigenvalue weighted by Crippen LogP contribution is 2.32. The predicted octanol–water partition coefficient (Wildman–Crippen LogP) is 6.70. The van der Waals surface area contributed by atoms with Gasteiger partial charge in [-0.3, -0.25) is 24.1 Å². The minimum atomic E-state index is -0.931. The first-order valence-electron chi connectivity index (χ1n) is 23.8. The smallest absolute Gasteiger partial charge is 0.317 e. The fourth-order valence-electron chi connectivity index (χ4n) is 9.30. The summed E-state index contributed by atoms with van der Waals surface area (Å²) >= 11 is 0. The van der Waals surface area contributed by atoms with Gasteiger partial charge < -0.3 is 44.9 Å². The van der Waals surface area contributed by atoms with Crippen molar-refractivity contribution in [1.29, 1.82) is 0 Å². The number of aliphatic hydroxyl groups excluding tert-OH is 1. The zero-order valence-corrected chi connectivity index (χ0v) is 39.0. The molecule has 2 amide bonds. The zero-order valence-electron chi connectivity index (χ0n) is 39.0. The molecule has 69 heavy (non-hydrogen) atoms. The number of nitrogens with one attached hydrogen (secondary N) is 3. The molecule has 5 N–H and O–H groups in total. The van der Waals surface area contributed by atoms with Crippen molar-refractivity contribution < 1.29 is 38.8 Å². The van der Waals surface area contributed by atoms with Crippen LogP contribution in [0.1, 0.15) is 75.9 Å². The molecule has 6 aromatic rings. The monoisotopic (exact) mass is 935 g/mol. The minimum absolute atomic E-state index is 0.0820. The number of H-pyrrole nitrogens is 1. The van der Waals surface area contributed by atoms with Gasteiger partial charge in [0.1, 0.15) is 23.2 Å². The Hall–Kier alpha value is -7.00. The number of phenolic OH excluding ortho intramolecular Hbond substituents is 1. The summed E-state index contributed by atoms with van der Waals surface area (Å²) in [5.41, 5.74) is 4.54. The Morgan fingerprint density at radius 2 is 1.48 bits per heavy atom. The molecule has 14 heteroatoms. The summed E-state index contributed by atoms with van der Waals surface area (Å²) in [4.78, 5) is 59.0. The number of amides is 2. The number of aliphatic hydroxyl groups is 1. The minimum Gasteiger partial charge on any atom is -0.506 e. The van der Waals surface area contributed by atoms with Crippen LogP contribution in [-0.4, -0.2) is 102 Å². The van der Waals surface area contributed by atoms with Gasteiger partial charge in [-0.05, 0) is 115 Å². The lowest BCUT2D eigenvalue weighted by molar-refractivity contribution is -0.146. The lowest BCUT2D eigenvalue weighted by atomic mass is 9.91. The fraction of sp³-hybridized carbons (Fsp3) is 0.345. The highest BCUT2D eigenvalue weighted by molar-refractivity contribution is 5.99. The maximum Gasteiger partial charge on any atom is 0.317 e. The number of piperidine rings is 2. The molecule has 3 heterocycles. The first-order chi connectivity index (χ1) is 33.6. The second-order valence-corrected chi connectivity index (χ2v) is 18.0. The van der Waals surface area contributed by atoms with E-state index in [0.717, 1.165) is 62.0 Å². The predicted molar refractivity (Wildman–Crippen MR) is 263 cm³/mol. The Morgan fingerprint density at radius 3 is 2.23 bits per heavy atom. The number of phenols is 1. The maximum atomic E-state index is 13.9. The topological polar surface area (TPSA) is 183 Å². The van der Waals surface area contributed by atoms with Gasteiger partial charge in [0.2, 0.25) is 11.5 Å². The summed E-state index contributed by atoms with van der Waals surface area (Å²) in [6.45, 7) is 5.22. The summed E-state index contributed by atoms with van der Waals surface area (Å²) in [6, 6.07) is 39.1. The van der Waals surface area contributed by atoms with Crippen LogP contribution in [0, 0.1) is 11.8 Å². The van der Waals surface area contributed by atoms with E-state index in [9.17, 15) is 29.4 Å². The van der Waals surface area contributed by atoms with Crippen molar-refractivity contribution in [1.82, 2.24) is 25.4 Å². The van der Waals surface area contributed by atoms with Gasteiger partial charge in [-0.15, -0.1) is 0 Å². The second kappa shape index (κ2) is 23.3. The van der Waals surface area contributed by atoms with E-state index in [0.29, 0.717) is 61.2 Å². The van der Waals surface area contributed by atoms with Gasteiger partial charge in [-0.1, -0.05) is 84.9 Å². The van der Waals surface area contributed by atoms with Crippen molar-refractivity contribution in [2.75, 3.05) is 59.6 Å². The molecule has 2 fully saturated rings. The van der Waals surface area contributed by atoms with Crippen molar-refractivity contribution in [2.45, 2.75) is 50.8 Å². The van der Waals surface area contributed by atoms with E-state index in [1.54, 1.807) is 35.2 Å². The van der Waals surface area contributed by atoms with Crippen LogP contribution >= 0.6 is 0 Å². The number of fused-ring (bicyclic) bond motifs is 1. The van der Waals surface area contributed by atoms with Crippen LogP contribution in [0.15, 0.2) is 132 Å². The van der Waals surface area contributed by atoms with Crippen LogP contribution < -0.4 is 25.7 Å². The molecule has 8 rings (SSSR count).